The van der Waals surface area contributed by atoms with Gasteiger partial charge >= 0.3 is 5.97 Å². The minimum absolute atomic E-state index is 0.0393. The molecule has 1 saturated heterocycles. The predicted molar refractivity (Wildman–Crippen MR) is 97.0 cm³/mol. The van der Waals surface area contributed by atoms with Gasteiger partial charge in [0.1, 0.15) is 11.9 Å². The summed E-state index contributed by atoms with van der Waals surface area (Å²) in [7, 11) is 1.32. The Bertz CT molecular complexity index is 752. The standard InChI is InChI=1S/C20H25NO7/c1-25-20(24)5-4-19(23)21-9-12-6-15(22)17(7-13(12)10-21)28-14-2-3-16-18(8-14)27-11-26-16/h2-3,8,12-13,15,17,22H,4-7,9-11H2,1H3/t12-,13+,15+,17+/m0/s1. The third-order valence-electron chi connectivity index (χ3n) is 5.84. The van der Waals surface area contributed by atoms with Crippen molar-refractivity contribution in [1.29, 1.82) is 0 Å². The maximum Gasteiger partial charge on any atom is 0.306 e. The molecule has 4 rings (SSSR count). The lowest BCUT2D eigenvalue weighted by Gasteiger charge is -2.35. The van der Waals surface area contributed by atoms with Gasteiger partial charge in [-0.15, -0.1) is 0 Å². The summed E-state index contributed by atoms with van der Waals surface area (Å²) in [6, 6.07) is 5.38. The summed E-state index contributed by atoms with van der Waals surface area (Å²) in [6.07, 6.45) is 0.621. The summed E-state index contributed by atoms with van der Waals surface area (Å²) in [5, 5.41) is 10.6. The third-order valence-corrected chi connectivity index (χ3v) is 5.84. The normalized spacial score (nSPS) is 28.0. The quantitative estimate of drug-likeness (QED) is 0.757. The van der Waals surface area contributed by atoms with Crippen molar-refractivity contribution in [2.24, 2.45) is 11.8 Å². The van der Waals surface area contributed by atoms with Crippen molar-refractivity contribution < 1.29 is 33.6 Å². The number of nitrogens with zero attached hydrogens (tertiary/aromatic N) is 1. The van der Waals surface area contributed by atoms with Crippen LogP contribution in [0, 0.1) is 11.8 Å². The van der Waals surface area contributed by atoms with E-state index >= 15 is 0 Å². The van der Waals surface area contributed by atoms with Gasteiger partial charge in [0.05, 0.1) is 19.6 Å². The summed E-state index contributed by atoms with van der Waals surface area (Å²) in [5.41, 5.74) is 0. The molecule has 1 amide bonds. The number of aliphatic hydroxyl groups is 1. The molecule has 1 saturated carbocycles. The Morgan fingerprint density at radius 1 is 1.14 bits per heavy atom. The van der Waals surface area contributed by atoms with E-state index in [2.05, 4.69) is 4.74 Å². The summed E-state index contributed by atoms with van der Waals surface area (Å²) in [6.45, 7) is 1.46. The lowest BCUT2D eigenvalue weighted by Crippen LogP contribution is -2.42. The Kier molecular flexibility index (Phi) is 5.30. The molecule has 1 aliphatic carbocycles. The van der Waals surface area contributed by atoms with Gasteiger partial charge in [-0.25, -0.2) is 0 Å². The van der Waals surface area contributed by atoms with Crippen molar-refractivity contribution >= 4 is 11.9 Å². The van der Waals surface area contributed by atoms with Crippen LogP contribution in [0.15, 0.2) is 18.2 Å². The van der Waals surface area contributed by atoms with Gasteiger partial charge in [0, 0.05) is 25.6 Å². The minimum atomic E-state index is -0.586. The lowest BCUT2D eigenvalue weighted by molar-refractivity contribution is -0.143. The zero-order valence-corrected chi connectivity index (χ0v) is 15.8. The first kappa shape index (κ1) is 18.9. The van der Waals surface area contributed by atoms with E-state index in [9.17, 15) is 14.7 Å². The van der Waals surface area contributed by atoms with E-state index in [0.717, 1.165) is 0 Å². The summed E-state index contributed by atoms with van der Waals surface area (Å²) in [5.74, 6) is 2.09. The number of carbonyl (C=O) groups excluding carboxylic acids is 2. The predicted octanol–water partition coefficient (Wildman–Crippen LogP) is 1.35. The zero-order valence-electron chi connectivity index (χ0n) is 15.8. The topological polar surface area (TPSA) is 94.5 Å². The Morgan fingerprint density at radius 3 is 2.68 bits per heavy atom. The van der Waals surface area contributed by atoms with E-state index in [0.29, 0.717) is 43.2 Å². The average molecular weight is 391 g/mol. The minimum Gasteiger partial charge on any atom is -0.488 e. The molecule has 2 heterocycles. The number of fused-ring (bicyclic) bond motifs is 2. The Hall–Kier alpha value is -2.48. The van der Waals surface area contributed by atoms with Crippen LogP contribution >= 0.6 is 0 Å². The molecule has 1 aromatic rings. The smallest absolute Gasteiger partial charge is 0.306 e. The van der Waals surface area contributed by atoms with Gasteiger partial charge in [-0.3, -0.25) is 9.59 Å². The molecule has 0 spiro atoms. The SMILES string of the molecule is COC(=O)CCC(=O)N1C[C@H]2C[C@@H](Oc3ccc4c(c3)OCO4)[C@H](O)C[C@H]2C1. The number of aliphatic hydroxyl groups excluding tert-OH is 1. The number of benzene rings is 1. The van der Waals surface area contributed by atoms with Crippen LogP contribution in [-0.4, -0.2) is 61.1 Å². The van der Waals surface area contributed by atoms with Gasteiger partial charge in [-0.05, 0) is 36.8 Å². The molecule has 2 aliphatic heterocycles. The number of carbonyl (C=O) groups is 2. The van der Waals surface area contributed by atoms with E-state index in [4.69, 9.17) is 14.2 Å². The van der Waals surface area contributed by atoms with Gasteiger partial charge in [0.25, 0.3) is 0 Å². The fraction of sp³-hybridized carbons (Fsp3) is 0.600. The second-order valence-corrected chi connectivity index (χ2v) is 7.61. The molecule has 152 valence electrons. The van der Waals surface area contributed by atoms with E-state index in [1.165, 1.54) is 7.11 Å². The van der Waals surface area contributed by atoms with Gasteiger partial charge in [-0.1, -0.05) is 0 Å². The number of methoxy groups -OCH3 is 1. The van der Waals surface area contributed by atoms with Gasteiger partial charge in [0.2, 0.25) is 12.7 Å². The highest BCUT2D eigenvalue weighted by molar-refractivity contribution is 5.81. The number of hydrogen-bond acceptors (Lipinski definition) is 7. The molecule has 8 heteroatoms. The number of amides is 1. The van der Waals surface area contributed by atoms with Gasteiger partial charge in [0.15, 0.2) is 11.5 Å². The van der Waals surface area contributed by atoms with Crippen LogP contribution in [0.1, 0.15) is 25.7 Å². The van der Waals surface area contributed by atoms with Crippen LogP contribution in [0.2, 0.25) is 0 Å². The number of rotatable bonds is 5. The van der Waals surface area contributed by atoms with Crippen LogP contribution in [0.4, 0.5) is 0 Å². The first-order chi connectivity index (χ1) is 13.5. The fourth-order valence-corrected chi connectivity index (χ4v) is 4.31. The van der Waals surface area contributed by atoms with E-state index in [-0.39, 0.29) is 49.5 Å². The molecule has 4 atom stereocenters. The van der Waals surface area contributed by atoms with Crippen LogP contribution in [-0.2, 0) is 14.3 Å². The molecule has 3 aliphatic rings. The number of hydrogen-bond donors (Lipinski definition) is 1. The average Bonchev–Trinajstić information content (AvgIpc) is 3.32. The highest BCUT2D eigenvalue weighted by atomic mass is 16.7. The van der Waals surface area contributed by atoms with Crippen LogP contribution in [0.5, 0.6) is 17.2 Å². The molecule has 0 unspecified atom stereocenters. The van der Waals surface area contributed by atoms with Crippen molar-refractivity contribution in [3.63, 3.8) is 0 Å². The second kappa shape index (κ2) is 7.87. The Labute approximate surface area is 163 Å². The van der Waals surface area contributed by atoms with E-state index in [1.807, 2.05) is 6.07 Å². The molecule has 2 fully saturated rings. The molecule has 0 aromatic heterocycles. The number of ether oxygens (including phenoxy) is 4. The molecule has 1 aromatic carbocycles. The van der Waals surface area contributed by atoms with Crippen molar-refractivity contribution in [2.75, 3.05) is 27.0 Å². The molecule has 1 N–H and O–H groups in total. The van der Waals surface area contributed by atoms with Crippen LogP contribution in [0.3, 0.4) is 0 Å². The molecular formula is C20H25NO7. The van der Waals surface area contributed by atoms with Crippen LogP contribution < -0.4 is 14.2 Å². The monoisotopic (exact) mass is 391 g/mol. The Balaban J connectivity index is 1.34. The van der Waals surface area contributed by atoms with Crippen molar-refractivity contribution in [2.45, 2.75) is 37.9 Å². The second-order valence-electron chi connectivity index (χ2n) is 7.61. The zero-order chi connectivity index (χ0) is 19.7. The van der Waals surface area contributed by atoms with Crippen molar-refractivity contribution in [3.8, 4) is 17.2 Å². The molecule has 0 bridgehead atoms. The van der Waals surface area contributed by atoms with E-state index in [1.54, 1.807) is 17.0 Å². The summed E-state index contributed by atoms with van der Waals surface area (Å²) in [4.78, 5) is 25.4. The summed E-state index contributed by atoms with van der Waals surface area (Å²) >= 11 is 0. The highest BCUT2D eigenvalue weighted by Gasteiger charge is 2.43. The largest absolute Gasteiger partial charge is 0.488 e. The highest BCUT2D eigenvalue weighted by Crippen LogP contribution is 2.40. The maximum atomic E-state index is 12.4. The Morgan fingerprint density at radius 2 is 1.89 bits per heavy atom. The van der Waals surface area contributed by atoms with Gasteiger partial charge < -0.3 is 29.0 Å². The molecule has 28 heavy (non-hydrogen) atoms. The van der Waals surface area contributed by atoms with Crippen molar-refractivity contribution in [1.82, 2.24) is 4.90 Å². The maximum absolute atomic E-state index is 12.4. The lowest BCUT2D eigenvalue weighted by atomic mass is 9.78. The fourth-order valence-electron chi connectivity index (χ4n) is 4.31. The van der Waals surface area contributed by atoms with Crippen molar-refractivity contribution in [3.05, 3.63) is 18.2 Å². The van der Waals surface area contributed by atoms with Gasteiger partial charge in [-0.2, -0.15) is 0 Å². The van der Waals surface area contributed by atoms with Crippen LogP contribution in [0.25, 0.3) is 0 Å². The number of likely N-dealkylation sites (tertiary alicyclic amines) is 1. The number of esters is 1. The first-order valence-electron chi connectivity index (χ1n) is 9.62. The molecule has 0 radical (unpaired) electrons. The first-order valence-corrected chi connectivity index (χ1v) is 9.62. The van der Waals surface area contributed by atoms with E-state index < -0.39 is 6.10 Å². The molecule has 8 nitrogen and oxygen atoms in total. The molecular weight excluding hydrogens is 366 g/mol. The third kappa shape index (κ3) is 3.87. The summed E-state index contributed by atoms with van der Waals surface area (Å²) < 4.78 is 21.3.